The number of aryl methyl sites for hydroxylation is 2. The predicted octanol–water partition coefficient (Wildman–Crippen LogP) is 3.71. The number of benzene rings is 2. The van der Waals surface area contributed by atoms with E-state index in [0.29, 0.717) is 17.9 Å². The van der Waals surface area contributed by atoms with Crippen molar-refractivity contribution in [2.24, 2.45) is 5.73 Å². The summed E-state index contributed by atoms with van der Waals surface area (Å²) in [5.41, 5.74) is 5.22. The summed E-state index contributed by atoms with van der Waals surface area (Å²) in [5.74, 6) is -0.923. The largest absolute Gasteiger partial charge is 0.416 e. The fourth-order valence-electron chi connectivity index (χ4n) is 4.23. The zero-order chi connectivity index (χ0) is 28.2. The second-order valence-corrected chi connectivity index (χ2v) is 9.04. The van der Waals surface area contributed by atoms with Crippen LogP contribution in [0.4, 0.5) is 13.2 Å². The van der Waals surface area contributed by atoms with Crippen LogP contribution in [0.3, 0.4) is 0 Å². The first kappa shape index (κ1) is 27.6. The van der Waals surface area contributed by atoms with Crippen LogP contribution in [0.2, 0.25) is 0 Å². The molecule has 2 heterocycles. The van der Waals surface area contributed by atoms with Gasteiger partial charge in [-0.3, -0.25) is 19.0 Å². The maximum Gasteiger partial charge on any atom is 0.416 e. The summed E-state index contributed by atoms with van der Waals surface area (Å²) in [7, 11) is 0. The molecule has 2 amide bonds. The number of aromatic nitrogens is 3. The van der Waals surface area contributed by atoms with E-state index in [-0.39, 0.29) is 54.7 Å². The molecule has 4 aromatic rings. The van der Waals surface area contributed by atoms with Crippen LogP contribution in [-0.2, 0) is 23.9 Å². The third-order valence-corrected chi connectivity index (χ3v) is 6.21. The molecule has 39 heavy (non-hydrogen) atoms. The van der Waals surface area contributed by atoms with Crippen LogP contribution in [-0.4, -0.2) is 44.5 Å². The van der Waals surface area contributed by atoms with Crippen molar-refractivity contribution in [2.75, 3.05) is 13.1 Å². The number of nitrogens with two attached hydrogens (primary N) is 1. The quantitative estimate of drug-likeness (QED) is 0.326. The number of fused-ring (bicyclic) bond motifs is 1. The Morgan fingerprint density at radius 2 is 1.82 bits per heavy atom. The van der Waals surface area contributed by atoms with Gasteiger partial charge in [0.25, 0.3) is 17.2 Å². The van der Waals surface area contributed by atoms with Crippen LogP contribution in [0.1, 0.15) is 45.8 Å². The molecule has 0 radical (unpaired) electrons. The topological polar surface area (TPSA) is 124 Å². The number of halogens is 3. The van der Waals surface area contributed by atoms with Gasteiger partial charge in [0.15, 0.2) is 0 Å². The van der Waals surface area contributed by atoms with Gasteiger partial charge in [-0.1, -0.05) is 41.6 Å². The Hall–Kier alpha value is -4.48. The first-order valence-electron chi connectivity index (χ1n) is 12.2. The normalized spacial score (nSPS) is 11.6. The van der Waals surface area contributed by atoms with Gasteiger partial charge >= 0.3 is 6.18 Å². The molecule has 0 saturated heterocycles. The molecule has 0 saturated carbocycles. The number of carbonyl (C=O) groups excluding carboxylic acids is 2. The fourth-order valence-corrected chi connectivity index (χ4v) is 4.23. The van der Waals surface area contributed by atoms with E-state index in [0.717, 1.165) is 23.8 Å². The summed E-state index contributed by atoms with van der Waals surface area (Å²) in [6.07, 6.45) is -4.24. The molecule has 0 unspecified atom stereocenters. The Kier molecular flexibility index (Phi) is 8.12. The molecule has 0 spiro atoms. The highest BCUT2D eigenvalue weighted by molar-refractivity contribution is 5.94. The van der Waals surface area contributed by atoms with Crippen LogP contribution in [0.15, 0.2) is 63.9 Å². The molecule has 204 valence electrons. The summed E-state index contributed by atoms with van der Waals surface area (Å²) in [5, 5.41) is 4.12. The predicted molar refractivity (Wildman–Crippen MR) is 136 cm³/mol. The van der Waals surface area contributed by atoms with Crippen molar-refractivity contribution in [1.82, 2.24) is 19.6 Å². The van der Waals surface area contributed by atoms with Crippen LogP contribution < -0.4 is 11.3 Å². The number of rotatable bonds is 10. The Labute approximate surface area is 221 Å². The van der Waals surface area contributed by atoms with Gasteiger partial charge in [0.2, 0.25) is 5.91 Å². The van der Waals surface area contributed by atoms with Gasteiger partial charge in [-0.05, 0) is 37.1 Å². The van der Waals surface area contributed by atoms with Crippen LogP contribution >= 0.6 is 0 Å². The zero-order valence-corrected chi connectivity index (χ0v) is 21.1. The summed E-state index contributed by atoms with van der Waals surface area (Å²) in [4.78, 5) is 43.6. The lowest BCUT2D eigenvalue weighted by Gasteiger charge is -2.23. The smallest absolute Gasteiger partial charge is 0.370 e. The van der Waals surface area contributed by atoms with Gasteiger partial charge in [0, 0.05) is 31.5 Å². The van der Waals surface area contributed by atoms with Gasteiger partial charge in [0.05, 0.1) is 17.8 Å². The first-order chi connectivity index (χ1) is 18.5. The Morgan fingerprint density at radius 1 is 1.08 bits per heavy atom. The highest BCUT2D eigenvalue weighted by Gasteiger charge is 2.31. The monoisotopic (exact) mass is 541 g/mol. The molecule has 2 aromatic carbocycles. The number of carbonyl (C=O) groups is 2. The molecular weight excluding hydrogens is 515 g/mol. The van der Waals surface area contributed by atoms with Crippen LogP contribution in [0, 0.1) is 6.92 Å². The maximum atomic E-state index is 13.3. The third-order valence-electron chi connectivity index (χ3n) is 6.21. The molecule has 9 nitrogen and oxygen atoms in total. The molecule has 2 N–H and O–H groups in total. The molecule has 0 atom stereocenters. The zero-order valence-electron chi connectivity index (χ0n) is 21.1. The van der Waals surface area contributed by atoms with E-state index >= 15 is 0 Å². The van der Waals surface area contributed by atoms with Crippen molar-refractivity contribution < 1.29 is 27.3 Å². The second kappa shape index (κ2) is 11.5. The van der Waals surface area contributed by atoms with Crippen molar-refractivity contribution >= 4 is 22.9 Å². The minimum Gasteiger partial charge on any atom is -0.370 e. The number of primary amides is 1. The average molecular weight is 542 g/mol. The van der Waals surface area contributed by atoms with E-state index in [1.165, 1.54) is 15.5 Å². The Bertz CT molecular complexity index is 1550. The lowest BCUT2D eigenvalue weighted by molar-refractivity contribution is -0.137. The van der Waals surface area contributed by atoms with Crippen molar-refractivity contribution in [3.8, 4) is 0 Å². The number of hydrogen-bond acceptors (Lipinski definition) is 6. The highest BCUT2D eigenvalue weighted by Crippen LogP contribution is 2.29. The molecular formula is C27H26F3N5O4. The molecule has 0 aliphatic heterocycles. The van der Waals surface area contributed by atoms with Gasteiger partial charge in [-0.2, -0.15) is 18.2 Å². The van der Waals surface area contributed by atoms with Gasteiger partial charge in [-0.15, -0.1) is 0 Å². The number of nitrogens with zero attached hydrogens (tertiary/aromatic N) is 4. The highest BCUT2D eigenvalue weighted by atomic mass is 19.4. The SMILES string of the molecule is Cc1noc2nc(CCCN(CCC(N)=O)C(=O)c3cccc(C(F)(F)F)c3)n(Cc3ccccc3)c(=O)c12. The molecule has 12 heteroatoms. The molecule has 0 fully saturated rings. The van der Waals surface area contributed by atoms with E-state index in [2.05, 4.69) is 10.1 Å². The Balaban J connectivity index is 1.59. The average Bonchev–Trinajstić information content (AvgIpc) is 3.28. The van der Waals surface area contributed by atoms with E-state index in [1.807, 2.05) is 30.3 Å². The van der Waals surface area contributed by atoms with E-state index in [9.17, 15) is 27.6 Å². The lowest BCUT2D eigenvalue weighted by atomic mass is 10.1. The van der Waals surface area contributed by atoms with Crippen molar-refractivity contribution in [3.05, 3.63) is 93.2 Å². The van der Waals surface area contributed by atoms with E-state index in [4.69, 9.17) is 10.3 Å². The van der Waals surface area contributed by atoms with Crippen molar-refractivity contribution in [2.45, 2.75) is 38.9 Å². The van der Waals surface area contributed by atoms with E-state index < -0.39 is 23.6 Å². The number of alkyl halides is 3. The third kappa shape index (κ3) is 6.51. The van der Waals surface area contributed by atoms with Gasteiger partial charge in [0.1, 0.15) is 11.2 Å². The minimum atomic E-state index is -4.61. The number of amides is 2. The molecule has 0 aliphatic rings. The number of hydrogen-bond donors (Lipinski definition) is 1. The van der Waals surface area contributed by atoms with Crippen LogP contribution in [0.25, 0.3) is 11.1 Å². The van der Waals surface area contributed by atoms with Gasteiger partial charge in [-0.25, -0.2) is 0 Å². The van der Waals surface area contributed by atoms with Crippen molar-refractivity contribution in [1.29, 1.82) is 0 Å². The maximum absolute atomic E-state index is 13.3. The molecule has 4 rings (SSSR count). The lowest BCUT2D eigenvalue weighted by Crippen LogP contribution is -2.35. The molecule has 0 aliphatic carbocycles. The molecule has 2 aromatic heterocycles. The standard InChI is InChI=1S/C27H26F3N5O4/c1-17-23-24(39-33-17)32-22(35(26(23)38)16-18-7-3-2-4-8-18)11-6-13-34(14-12-21(31)36)25(37)19-9-5-10-20(15-19)27(28,29)30/h2-5,7-10,15H,6,11-14,16H2,1H3,(H2,31,36). The van der Waals surface area contributed by atoms with Gasteiger partial charge < -0.3 is 15.2 Å². The second-order valence-electron chi connectivity index (χ2n) is 9.04. The first-order valence-corrected chi connectivity index (χ1v) is 12.2. The summed E-state index contributed by atoms with van der Waals surface area (Å²) in [6, 6.07) is 13.4. The van der Waals surface area contributed by atoms with Crippen LogP contribution in [0.5, 0.6) is 0 Å². The van der Waals surface area contributed by atoms with Crippen molar-refractivity contribution in [3.63, 3.8) is 0 Å². The fraction of sp³-hybridized carbons (Fsp3) is 0.296. The summed E-state index contributed by atoms with van der Waals surface area (Å²) >= 11 is 0. The van der Waals surface area contributed by atoms with E-state index in [1.54, 1.807) is 6.92 Å². The summed E-state index contributed by atoms with van der Waals surface area (Å²) < 4.78 is 46.3. The minimum absolute atomic E-state index is 0.0744. The summed E-state index contributed by atoms with van der Waals surface area (Å²) in [6.45, 7) is 1.90. The Morgan fingerprint density at radius 3 is 2.51 bits per heavy atom. The molecule has 0 bridgehead atoms.